The SMILES string of the molecule is COC(=O)C1Cc2ccccc2NC(=O)C1=O. The Bertz CT molecular complexity index is 495. The van der Waals surface area contributed by atoms with Crippen molar-refractivity contribution in [2.24, 2.45) is 5.92 Å². The van der Waals surface area contributed by atoms with Crippen LogP contribution >= 0.6 is 0 Å². The summed E-state index contributed by atoms with van der Waals surface area (Å²) >= 11 is 0. The average molecular weight is 233 g/mol. The van der Waals surface area contributed by atoms with Gasteiger partial charge in [0.1, 0.15) is 5.92 Å². The zero-order valence-corrected chi connectivity index (χ0v) is 9.23. The van der Waals surface area contributed by atoms with Gasteiger partial charge in [-0.2, -0.15) is 0 Å². The highest BCUT2D eigenvalue weighted by Crippen LogP contribution is 2.23. The molecule has 0 radical (unpaired) electrons. The molecule has 1 aromatic carbocycles. The first-order valence-corrected chi connectivity index (χ1v) is 5.14. The van der Waals surface area contributed by atoms with Crippen LogP contribution in [0, 0.1) is 5.92 Å². The molecule has 17 heavy (non-hydrogen) atoms. The first-order chi connectivity index (χ1) is 8.13. The molecule has 5 heteroatoms. The Balaban J connectivity index is 2.42. The van der Waals surface area contributed by atoms with E-state index >= 15 is 0 Å². The predicted octanol–water partition coefficient (Wildman–Crippen LogP) is 0.539. The standard InChI is InChI=1S/C12H11NO4/c1-17-12(16)8-6-7-4-2-3-5-9(7)13-11(15)10(8)14/h2-5,8H,6H2,1H3,(H,13,15). The molecule has 1 aliphatic rings. The van der Waals surface area contributed by atoms with Crippen LogP contribution < -0.4 is 5.32 Å². The van der Waals surface area contributed by atoms with Gasteiger partial charge in [-0.1, -0.05) is 18.2 Å². The topological polar surface area (TPSA) is 72.5 Å². The first kappa shape index (κ1) is 11.3. The normalized spacial score (nSPS) is 19.0. The Hall–Kier alpha value is -2.17. The molecule has 1 amide bonds. The number of anilines is 1. The lowest BCUT2D eigenvalue weighted by atomic mass is 9.96. The van der Waals surface area contributed by atoms with Gasteiger partial charge in [-0.25, -0.2) is 0 Å². The number of nitrogens with one attached hydrogen (secondary N) is 1. The quantitative estimate of drug-likeness (QED) is 0.436. The second-order valence-electron chi connectivity index (χ2n) is 3.76. The van der Waals surface area contributed by atoms with Gasteiger partial charge < -0.3 is 10.1 Å². The molecule has 5 nitrogen and oxygen atoms in total. The Labute approximate surface area is 97.8 Å². The number of ether oxygens (including phenoxy) is 1. The van der Waals surface area contributed by atoms with Gasteiger partial charge in [0.25, 0.3) is 5.91 Å². The molecule has 88 valence electrons. The number of esters is 1. The lowest BCUT2D eigenvalue weighted by Gasteiger charge is -2.09. The van der Waals surface area contributed by atoms with Crippen molar-refractivity contribution < 1.29 is 19.1 Å². The average Bonchev–Trinajstić information content (AvgIpc) is 2.47. The van der Waals surface area contributed by atoms with Gasteiger partial charge in [-0.15, -0.1) is 0 Å². The monoisotopic (exact) mass is 233 g/mol. The molecule has 0 saturated heterocycles. The summed E-state index contributed by atoms with van der Waals surface area (Å²) in [4.78, 5) is 34.7. The van der Waals surface area contributed by atoms with E-state index in [0.29, 0.717) is 5.69 Å². The summed E-state index contributed by atoms with van der Waals surface area (Å²) in [6.45, 7) is 0. The maximum Gasteiger partial charge on any atom is 0.317 e. The number of rotatable bonds is 1. The molecule has 1 N–H and O–H groups in total. The van der Waals surface area contributed by atoms with Crippen LogP contribution in [-0.4, -0.2) is 24.8 Å². The number of hydrogen-bond donors (Lipinski definition) is 1. The van der Waals surface area contributed by atoms with Crippen LogP contribution in [-0.2, 0) is 25.5 Å². The van der Waals surface area contributed by atoms with Gasteiger partial charge >= 0.3 is 5.97 Å². The zero-order chi connectivity index (χ0) is 12.4. The molecule has 1 unspecified atom stereocenters. The molecule has 1 aromatic rings. The minimum Gasteiger partial charge on any atom is -0.468 e. The third-order valence-electron chi connectivity index (χ3n) is 2.72. The molecule has 0 spiro atoms. The maximum absolute atomic E-state index is 11.7. The maximum atomic E-state index is 11.7. The molecular weight excluding hydrogens is 222 g/mol. The van der Waals surface area contributed by atoms with Gasteiger partial charge in [-0.3, -0.25) is 14.4 Å². The number of hydrogen-bond acceptors (Lipinski definition) is 4. The summed E-state index contributed by atoms with van der Waals surface area (Å²) in [5, 5.41) is 2.48. The van der Waals surface area contributed by atoms with Crippen molar-refractivity contribution in [2.75, 3.05) is 12.4 Å². The lowest BCUT2D eigenvalue weighted by Crippen LogP contribution is -2.33. The van der Waals surface area contributed by atoms with Crippen LogP contribution in [0.3, 0.4) is 0 Å². The summed E-state index contributed by atoms with van der Waals surface area (Å²) in [5.74, 6) is -3.26. The Morgan fingerprint density at radius 2 is 2.06 bits per heavy atom. The van der Waals surface area contributed by atoms with E-state index in [1.54, 1.807) is 24.3 Å². The van der Waals surface area contributed by atoms with E-state index in [1.165, 1.54) is 7.11 Å². The molecule has 1 heterocycles. The molecule has 0 bridgehead atoms. The number of Topliss-reactive ketones (excluding diaryl/α,β-unsaturated/α-hetero) is 1. The third-order valence-corrected chi connectivity index (χ3v) is 2.72. The highest BCUT2D eigenvalue weighted by atomic mass is 16.5. The fourth-order valence-corrected chi connectivity index (χ4v) is 1.81. The summed E-state index contributed by atoms with van der Waals surface area (Å²) in [6, 6.07) is 7.00. The van der Waals surface area contributed by atoms with Crippen molar-refractivity contribution >= 4 is 23.3 Å². The molecule has 1 atom stereocenters. The van der Waals surface area contributed by atoms with E-state index in [4.69, 9.17) is 0 Å². The van der Waals surface area contributed by atoms with Crippen LogP contribution in [0.2, 0.25) is 0 Å². The lowest BCUT2D eigenvalue weighted by molar-refractivity contribution is -0.152. The smallest absolute Gasteiger partial charge is 0.317 e. The van der Waals surface area contributed by atoms with Crippen molar-refractivity contribution in [1.82, 2.24) is 0 Å². The van der Waals surface area contributed by atoms with E-state index < -0.39 is 23.6 Å². The van der Waals surface area contributed by atoms with Gasteiger partial charge in [0.15, 0.2) is 0 Å². The minimum atomic E-state index is -1.05. The van der Waals surface area contributed by atoms with E-state index in [2.05, 4.69) is 10.1 Å². The van der Waals surface area contributed by atoms with Crippen molar-refractivity contribution in [2.45, 2.75) is 6.42 Å². The van der Waals surface area contributed by atoms with E-state index in [0.717, 1.165) is 5.56 Å². The molecule has 0 saturated carbocycles. The summed E-state index contributed by atoms with van der Waals surface area (Å²) in [6.07, 6.45) is 0.181. The van der Waals surface area contributed by atoms with Crippen molar-refractivity contribution in [3.63, 3.8) is 0 Å². The Morgan fingerprint density at radius 1 is 1.35 bits per heavy atom. The number of carbonyl (C=O) groups excluding carboxylic acids is 3. The van der Waals surface area contributed by atoms with Crippen LogP contribution in [0.25, 0.3) is 0 Å². The molecule has 2 rings (SSSR count). The van der Waals surface area contributed by atoms with Gasteiger partial charge in [0.2, 0.25) is 5.78 Å². The van der Waals surface area contributed by atoms with E-state index in [1.807, 2.05) is 0 Å². The van der Waals surface area contributed by atoms with Crippen molar-refractivity contribution in [1.29, 1.82) is 0 Å². The molecule has 0 fully saturated rings. The minimum absolute atomic E-state index is 0.181. The number of carbonyl (C=O) groups is 3. The van der Waals surface area contributed by atoms with Crippen LogP contribution in [0.1, 0.15) is 5.56 Å². The number of ketones is 1. The highest BCUT2D eigenvalue weighted by Gasteiger charge is 2.35. The Morgan fingerprint density at radius 3 is 2.76 bits per heavy atom. The van der Waals surface area contributed by atoms with Crippen LogP contribution in [0.5, 0.6) is 0 Å². The van der Waals surface area contributed by atoms with Gasteiger partial charge in [0.05, 0.1) is 7.11 Å². The van der Waals surface area contributed by atoms with Crippen LogP contribution in [0.15, 0.2) is 24.3 Å². The van der Waals surface area contributed by atoms with Crippen LogP contribution in [0.4, 0.5) is 5.69 Å². The first-order valence-electron chi connectivity index (χ1n) is 5.14. The van der Waals surface area contributed by atoms with E-state index in [9.17, 15) is 14.4 Å². The number of methoxy groups -OCH3 is 1. The molecule has 0 aromatic heterocycles. The molecule has 0 aliphatic carbocycles. The predicted molar refractivity (Wildman–Crippen MR) is 59.3 cm³/mol. The number of fused-ring (bicyclic) bond motifs is 1. The fraction of sp³-hybridized carbons (Fsp3) is 0.250. The molecule has 1 aliphatic heterocycles. The summed E-state index contributed by atoms with van der Waals surface area (Å²) < 4.78 is 4.54. The van der Waals surface area contributed by atoms with E-state index in [-0.39, 0.29) is 6.42 Å². The third kappa shape index (κ3) is 2.04. The second-order valence-corrected chi connectivity index (χ2v) is 3.76. The Kier molecular flexibility index (Phi) is 2.91. The zero-order valence-electron chi connectivity index (χ0n) is 9.23. The van der Waals surface area contributed by atoms with Crippen molar-refractivity contribution in [3.05, 3.63) is 29.8 Å². The summed E-state index contributed by atoms with van der Waals surface area (Å²) in [7, 11) is 1.20. The van der Waals surface area contributed by atoms with Gasteiger partial charge in [-0.05, 0) is 18.1 Å². The number of benzene rings is 1. The number of para-hydroxylation sites is 1. The molecular formula is C12H11NO4. The second kappa shape index (κ2) is 4.37. The van der Waals surface area contributed by atoms with Gasteiger partial charge in [0, 0.05) is 5.69 Å². The highest BCUT2D eigenvalue weighted by molar-refractivity contribution is 6.44. The largest absolute Gasteiger partial charge is 0.468 e. The van der Waals surface area contributed by atoms with Crippen molar-refractivity contribution in [3.8, 4) is 0 Å². The fourth-order valence-electron chi connectivity index (χ4n) is 1.81. The summed E-state index contributed by atoms with van der Waals surface area (Å²) in [5.41, 5.74) is 1.32. The number of amides is 1.